The summed E-state index contributed by atoms with van der Waals surface area (Å²) < 4.78 is 24.6. The first-order valence-electron chi connectivity index (χ1n) is 4.17. The van der Waals surface area contributed by atoms with E-state index in [4.69, 9.17) is 0 Å². The van der Waals surface area contributed by atoms with E-state index in [1.807, 2.05) is 7.05 Å². The van der Waals surface area contributed by atoms with Gasteiger partial charge in [-0.05, 0) is 42.0 Å². The highest BCUT2D eigenvalue weighted by molar-refractivity contribution is 9.10. The number of halogens is 1. The quantitative estimate of drug-likeness (QED) is 0.845. The van der Waals surface area contributed by atoms with Crippen LogP contribution >= 0.6 is 27.3 Å². The second-order valence-electron chi connectivity index (χ2n) is 2.86. The second-order valence-corrected chi connectivity index (χ2v) is 7.02. The van der Waals surface area contributed by atoms with Crippen LogP contribution in [0.25, 0.3) is 0 Å². The first kappa shape index (κ1) is 12.2. The van der Waals surface area contributed by atoms with Crippen LogP contribution in [0.15, 0.2) is 20.1 Å². The highest BCUT2D eigenvalue weighted by Crippen LogP contribution is 2.25. The molecule has 0 aliphatic heterocycles. The van der Waals surface area contributed by atoms with Crippen LogP contribution < -0.4 is 5.32 Å². The Kier molecular flexibility index (Phi) is 4.56. The minimum Gasteiger partial charge on any atom is -0.320 e. The van der Waals surface area contributed by atoms with Gasteiger partial charge in [-0.15, -0.1) is 11.3 Å². The van der Waals surface area contributed by atoms with E-state index in [2.05, 4.69) is 21.2 Å². The van der Waals surface area contributed by atoms with Gasteiger partial charge in [-0.3, -0.25) is 0 Å². The Labute approximate surface area is 96.6 Å². The summed E-state index contributed by atoms with van der Waals surface area (Å²) in [5.74, 6) is 0.209. The average molecular weight is 298 g/mol. The lowest BCUT2D eigenvalue weighted by atomic mass is 10.5. The molecule has 0 saturated carbocycles. The highest BCUT2D eigenvalue weighted by atomic mass is 79.9. The summed E-state index contributed by atoms with van der Waals surface area (Å²) in [4.78, 5) is 0. The van der Waals surface area contributed by atoms with Crippen LogP contribution in [0, 0.1) is 0 Å². The molecule has 0 aliphatic rings. The SMILES string of the molecule is CNCCCS(=O)(=O)c1cc(Br)cs1. The molecular formula is C8H12BrNO2S2. The van der Waals surface area contributed by atoms with Crippen molar-refractivity contribution in [2.75, 3.05) is 19.3 Å². The molecule has 0 aliphatic carbocycles. The molecule has 0 radical (unpaired) electrons. The maximum atomic E-state index is 11.7. The van der Waals surface area contributed by atoms with E-state index in [1.165, 1.54) is 11.3 Å². The van der Waals surface area contributed by atoms with Crippen LogP contribution in [-0.4, -0.2) is 27.8 Å². The Morgan fingerprint density at radius 3 is 2.79 bits per heavy atom. The molecule has 3 nitrogen and oxygen atoms in total. The summed E-state index contributed by atoms with van der Waals surface area (Å²) in [6.45, 7) is 0.728. The zero-order chi connectivity index (χ0) is 10.6. The van der Waals surface area contributed by atoms with Crippen LogP contribution in [0.4, 0.5) is 0 Å². The summed E-state index contributed by atoms with van der Waals surface area (Å²) in [5.41, 5.74) is 0. The van der Waals surface area contributed by atoms with Crippen LogP contribution in [0.3, 0.4) is 0 Å². The van der Waals surface area contributed by atoms with Gasteiger partial charge in [0.1, 0.15) is 4.21 Å². The fourth-order valence-corrected chi connectivity index (χ4v) is 4.31. The first-order chi connectivity index (χ1) is 6.56. The standard InChI is InChI=1S/C8H12BrNO2S2/c1-10-3-2-4-14(11,12)8-5-7(9)6-13-8/h5-6,10H,2-4H2,1H3. The molecule has 0 fully saturated rings. The fraction of sp³-hybridized carbons (Fsp3) is 0.500. The predicted octanol–water partition coefficient (Wildman–Crippen LogP) is 1.89. The van der Waals surface area contributed by atoms with Gasteiger partial charge >= 0.3 is 0 Å². The monoisotopic (exact) mass is 297 g/mol. The second kappa shape index (κ2) is 5.25. The summed E-state index contributed by atoms with van der Waals surface area (Å²) in [6.07, 6.45) is 0.647. The molecule has 0 spiro atoms. The van der Waals surface area contributed by atoms with E-state index in [0.29, 0.717) is 10.6 Å². The van der Waals surface area contributed by atoms with E-state index in [1.54, 1.807) is 11.4 Å². The van der Waals surface area contributed by atoms with Crippen LogP contribution in [0.5, 0.6) is 0 Å². The van der Waals surface area contributed by atoms with Crippen molar-refractivity contribution in [2.45, 2.75) is 10.6 Å². The molecule has 0 bridgehead atoms. The maximum absolute atomic E-state index is 11.7. The van der Waals surface area contributed by atoms with E-state index >= 15 is 0 Å². The minimum atomic E-state index is -3.06. The van der Waals surface area contributed by atoms with Crippen molar-refractivity contribution >= 4 is 37.1 Å². The van der Waals surface area contributed by atoms with Gasteiger partial charge < -0.3 is 5.32 Å². The zero-order valence-corrected chi connectivity index (χ0v) is 11.0. The van der Waals surface area contributed by atoms with Gasteiger partial charge in [-0.2, -0.15) is 0 Å². The number of hydrogen-bond donors (Lipinski definition) is 1. The van der Waals surface area contributed by atoms with Crippen LogP contribution in [-0.2, 0) is 9.84 Å². The lowest BCUT2D eigenvalue weighted by Gasteiger charge is -2.00. The number of nitrogens with one attached hydrogen (secondary N) is 1. The summed E-state index contributed by atoms with van der Waals surface area (Å²) in [5, 5.41) is 4.71. The molecule has 1 rings (SSSR count). The predicted molar refractivity (Wildman–Crippen MR) is 62.6 cm³/mol. The number of thiophene rings is 1. The Balaban J connectivity index is 2.66. The van der Waals surface area contributed by atoms with E-state index < -0.39 is 9.84 Å². The Morgan fingerprint density at radius 1 is 1.57 bits per heavy atom. The van der Waals surface area contributed by atoms with Gasteiger partial charge in [0.15, 0.2) is 9.84 Å². The normalized spacial score (nSPS) is 11.9. The van der Waals surface area contributed by atoms with Crippen molar-refractivity contribution in [1.82, 2.24) is 5.32 Å². The lowest BCUT2D eigenvalue weighted by Crippen LogP contribution is -2.13. The van der Waals surface area contributed by atoms with Gasteiger partial charge in [-0.25, -0.2) is 8.42 Å². The Bertz CT molecular complexity index is 386. The Morgan fingerprint density at radius 2 is 2.29 bits per heavy atom. The molecule has 14 heavy (non-hydrogen) atoms. The number of hydrogen-bond acceptors (Lipinski definition) is 4. The third kappa shape index (κ3) is 3.34. The third-order valence-corrected chi connectivity index (χ3v) is 5.78. The zero-order valence-electron chi connectivity index (χ0n) is 7.79. The lowest BCUT2D eigenvalue weighted by molar-refractivity contribution is 0.593. The molecule has 1 N–H and O–H groups in total. The van der Waals surface area contributed by atoms with Crippen LogP contribution in [0.1, 0.15) is 6.42 Å². The van der Waals surface area contributed by atoms with Gasteiger partial charge in [-0.1, -0.05) is 0 Å². The van der Waals surface area contributed by atoms with Crippen LogP contribution in [0.2, 0.25) is 0 Å². The molecule has 0 atom stereocenters. The van der Waals surface area contributed by atoms with Gasteiger partial charge in [0.05, 0.1) is 5.75 Å². The van der Waals surface area contributed by atoms with E-state index in [0.717, 1.165) is 11.0 Å². The smallest absolute Gasteiger partial charge is 0.187 e. The maximum Gasteiger partial charge on any atom is 0.187 e. The van der Waals surface area contributed by atoms with Gasteiger partial charge in [0.2, 0.25) is 0 Å². The molecule has 6 heteroatoms. The first-order valence-corrected chi connectivity index (χ1v) is 7.50. The summed E-state index contributed by atoms with van der Waals surface area (Å²) in [6, 6.07) is 1.65. The fourth-order valence-electron chi connectivity index (χ4n) is 0.998. The number of sulfone groups is 1. The van der Waals surface area contributed by atoms with Gasteiger partial charge in [0.25, 0.3) is 0 Å². The summed E-state index contributed by atoms with van der Waals surface area (Å²) >= 11 is 4.50. The summed E-state index contributed by atoms with van der Waals surface area (Å²) in [7, 11) is -1.25. The van der Waals surface area contributed by atoms with Crippen molar-refractivity contribution in [1.29, 1.82) is 0 Å². The average Bonchev–Trinajstić information content (AvgIpc) is 2.53. The molecule has 0 unspecified atom stereocenters. The van der Waals surface area contributed by atoms with E-state index in [9.17, 15) is 8.42 Å². The largest absolute Gasteiger partial charge is 0.320 e. The van der Waals surface area contributed by atoms with Gasteiger partial charge in [0, 0.05) is 9.85 Å². The molecule has 1 heterocycles. The highest BCUT2D eigenvalue weighted by Gasteiger charge is 2.15. The van der Waals surface area contributed by atoms with Crippen molar-refractivity contribution in [3.8, 4) is 0 Å². The Hall–Kier alpha value is 0.0900. The molecule has 0 saturated heterocycles. The molecule has 1 aromatic heterocycles. The molecule has 80 valence electrons. The molecular weight excluding hydrogens is 286 g/mol. The third-order valence-electron chi connectivity index (χ3n) is 1.69. The molecule has 0 aromatic carbocycles. The van der Waals surface area contributed by atoms with Crippen molar-refractivity contribution in [2.24, 2.45) is 0 Å². The van der Waals surface area contributed by atoms with Crippen molar-refractivity contribution < 1.29 is 8.42 Å². The minimum absolute atomic E-state index is 0.209. The topological polar surface area (TPSA) is 46.2 Å². The van der Waals surface area contributed by atoms with Crippen molar-refractivity contribution in [3.05, 3.63) is 15.9 Å². The van der Waals surface area contributed by atoms with Crippen molar-refractivity contribution in [3.63, 3.8) is 0 Å². The van der Waals surface area contributed by atoms with E-state index in [-0.39, 0.29) is 5.75 Å². The molecule has 0 amide bonds. The molecule has 1 aromatic rings. The number of rotatable bonds is 5.